The summed E-state index contributed by atoms with van der Waals surface area (Å²) in [5.74, 6) is 0.948. The van der Waals surface area contributed by atoms with E-state index in [4.69, 9.17) is 4.74 Å². The van der Waals surface area contributed by atoms with E-state index in [1.165, 1.54) is 11.1 Å². The Labute approximate surface area is 148 Å². The summed E-state index contributed by atoms with van der Waals surface area (Å²) < 4.78 is 5.32. The van der Waals surface area contributed by atoms with Crippen molar-refractivity contribution >= 4 is 41.3 Å². The number of rotatable bonds is 5. The van der Waals surface area contributed by atoms with Gasteiger partial charge in [0, 0.05) is 27.2 Å². The van der Waals surface area contributed by atoms with E-state index < -0.39 is 0 Å². The molecule has 0 amide bonds. The van der Waals surface area contributed by atoms with Crippen molar-refractivity contribution in [3.8, 4) is 0 Å². The summed E-state index contributed by atoms with van der Waals surface area (Å²) in [6, 6.07) is 2.15. The third kappa shape index (κ3) is 6.36. The molecule has 0 aromatic carbocycles. The smallest absolute Gasteiger partial charge is 0.193 e. The molecule has 1 aliphatic heterocycles. The molecular formula is C15H24IN3OS. The van der Waals surface area contributed by atoms with E-state index in [9.17, 15) is 0 Å². The first-order valence-electron chi connectivity index (χ1n) is 6.98. The highest BCUT2D eigenvalue weighted by Crippen LogP contribution is 2.11. The van der Waals surface area contributed by atoms with E-state index in [1.807, 2.05) is 7.05 Å². The highest BCUT2D eigenvalue weighted by atomic mass is 127. The van der Waals surface area contributed by atoms with Gasteiger partial charge in [-0.25, -0.2) is 0 Å². The average Bonchev–Trinajstić information content (AvgIpc) is 2.97. The van der Waals surface area contributed by atoms with Crippen molar-refractivity contribution in [1.82, 2.24) is 10.2 Å². The van der Waals surface area contributed by atoms with Crippen LogP contribution in [0.25, 0.3) is 0 Å². The summed E-state index contributed by atoms with van der Waals surface area (Å²) in [7, 11) is 3.90. The molecule has 2 heterocycles. The van der Waals surface area contributed by atoms with Crippen LogP contribution in [0, 0.1) is 0 Å². The van der Waals surface area contributed by atoms with Gasteiger partial charge in [-0.1, -0.05) is 11.6 Å². The first-order chi connectivity index (χ1) is 9.79. The van der Waals surface area contributed by atoms with E-state index in [1.54, 1.807) is 11.3 Å². The Morgan fingerprint density at radius 2 is 2.38 bits per heavy atom. The molecule has 118 valence electrons. The first kappa shape index (κ1) is 18.4. The number of hydrogen-bond donors (Lipinski definition) is 1. The zero-order valence-electron chi connectivity index (χ0n) is 12.7. The minimum absolute atomic E-state index is 0. The highest BCUT2D eigenvalue weighted by Gasteiger charge is 2.08. The summed E-state index contributed by atoms with van der Waals surface area (Å²) >= 11 is 1.73. The summed E-state index contributed by atoms with van der Waals surface area (Å²) in [5, 5.41) is 7.71. The molecule has 4 nitrogen and oxygen atoms in total. The van der Waals surface area contributed by atoms with Crippen LogP contribution in [0.1, 0.15) is 18.4 Å². The topological polar surface area (TPSA) is 36.9 Å². The van der Waals surface area contributed by atoms with Gasteiger partial charge in [-0.15, -0.1) is 24.0 Å². The molecule has 1 aromatic heterocycles. The van der Waals surface area contributed by atoms with E-state index in [0.717, 1.165) is 45.1 Å². The molecule has 0 saturated heterocycles. The Kier molecular flexibility index (Phi) is 8.94. The lowest BCUT2D eigenvalue weighted by atomic mass is 10.1. The summed E-state index contributed by atoms with van der Waals surface area (Å²) in [6.45, 7) is 3.44. The predicted molar refractivity (Wildman–Crippen MR) is 101 cm³/mol. The number of ether oxygens (including phenoxy) is 1. The van der Waals surface area contributed by atoms with Crippen LogP contribution in [0.5, 0.6) is 0 Å². The van der Waals surface area contributed by atoms with Gasteiger partial charge < -0.3 is 15.0 Å². The van der Waals surface area contributed by atoms with Crippen LogP contribution in [0.2, 0.25) is 0 Å². The summed E-state index contributed by atoms with van der Waals surface area (Å²) in [5.41, 5.74) is 2.81. The largest absolute Gasteiger partial charge is 0.377 e. The Morgan fingerprint density at radius 3 is 3.00 bits per heavy atom. The van der Waals surface area contributed by atoms with Crippen molar-refractivity contribution in [2.24, 2.45) is 4.99 Å². The van der Waals surface area contributed by atoms with Crippen molar-refractivity contribution in [1.29, 1.82) is 0 Å². The van der Waals surface area contributed by atoms with Gasteiger partial charge in [-0.3, -0.25) is 4.99 Å². The molecule has 0 unspecified atom stereocenters. The second-order valence-corrected chi connectivity index (χ2v) is 5.68. The van der Waals surface area contributed by atoms with Crippen molar-refractivity contribution in [2.75, 3.05) is 33.9 Å². The van der Waals surface area contributed by atoms with Crippen LogP contribution in [0.4, 0.5) is 0 Å². The molecule has 0 aliphatic carbocycles. The van der Waals surface area contributed by atoms with E-state index in [2.05, 4.69) is 45.2 Å². The fraction of sp³-hybridized carbons (Fsp3) is 0.533. The lowest BCUT2D eigenvalue weighted by molar-refractivity contribution is 0.153. The number of hydrogen-bond acceptors (Lipinski definition) is 3. The number of nitrogens with one attached hydrogen (secondary N) is 1. The zero-order chi connectivity index (χ0) is 14.2. The molecule has 0 fully saturated rings. The van der Waals surface area contributed by atoms with Gasteiger partial charge in [0.25, 0.3) is 0 Å². The molecule has 0 bridgehead atoms. The van der Waals surface area contributed by atoms with Crippen LogP contribution >= 0.6 is 35.3 Å². The van der Waals surface area contributed by atoms with Gasteiger partial charge >= 0.3 is 0 Å². The van der Waals surface area contributed by atoms with Crippen molar-refractivity contribution in [2.45, 2.75) is 19.4 Å². The average molecular weight is 421 g/mol. The van der Waals surface area contributed by atoms with Gasteiger partial charge in [0.2, 0.25) is 0 Å². The van der Waals surface area contributed by atoms with Crippen LogP contribution in [0.3, 0.4) is 0 Å². The second kappa shape index (κ2) is 10.2. The maximum atomic E-state index is 5.32. The summed E-state index contributed by atoms with van der Waals surface area (Å²) in [6.07, 6.45) is 4.32. The standard InChI is InChI=1S/C15H23N3OS.HI/c1-16-15(18(2)11-14-6-10-20-12-14)17-7-3-13-4-8-19-9-5-13;/h4,6,10,12H,3,5,7-9,11H2,1-2H3,(H,16,17);1H. The molecule has 6 heteroatoms. The number of guanidine groups is 1. The van der Waals surface area contributed by atoms with Crippen LogP contribution in [-0.2, 0) is 11.3 Å². The zero-order valence-corrected chi connectivity index (χ0v) is 15.8. The van der Waals surface area contributed by atoms with Gasteiger partial charge in [-0.05, 0) is 35.2 Å². The minimum atomic E-state index is 0. The van der Waals surface area contributed by atoms with Crippen molar-refractivity contribution < 1.29 is 4.74 Å². The number of halogens is 1. The fourth-order valence-corrected chi connectivity index (χ4v) is 2.90. The maximum absolute atomic E-state index is 5.32. The Morgan fingerprint density at radius 1 is 1.52 bits per heavy atom. The monoisotopic (exact) mass is 421 g/mol. The van der Waals surface area contributed by atoms with Gasteiger partial charge in [0.1, 0.15) is 0 Å². The highest BCUT2D eigenvalue weighted by molar-refractivity contribution is 14.0. The number of nitrogens with zero attached hydrogens (tertiary/aromatic N) is 2. The molecule has 0 radical (unpaired) electrons. The predicted octanol–water partition coefficient (Wildman–Crippen LogP) is 3.11. The fourth-order valence-electron chi connectivity index (χ4n) is 2.24. The van der Waals surface area contributed by atoms with Gasteiger partial charge in [-0.2, -0.15) is 11.3 Å². The maximum Gasteiger partial charge on any atom is 0.193 e. The molecule has 0 atom stereocenters. The second-order valence-electron chi connectivity index (χ2n) is 4.90. The van der Waals surface area contributed by atoms with Crippen LogP contribution in [0.15, 0.2) is 33.5 Å². The van der Waals surface area contributed by atoms with Crippen LogP contribution in [-0.4, -0.2) is 44.7 Å². The molecule has 0 spiro atoms. The number of thiophene rings is 1. The van der Waals surface area contributed by atoms with E-state index in [-0.39, 0.29) is 24.0 Å². The first-order valence-corrected chi connectivity index (χ1v) is 7.92. The molecule has 21 heavy (non-hydrogen) atoms. The molecular weight excluding hydrogens is 397 g/mol. The number of aliphatic imine (C=N–C) groups is 1. The van der Waals surface area contributed by atoms with E-state index >= 15 is 0 Å². The molecule has 2 rings (SSSR count). The Hall–Kier alpha value is -0.600. The third-order valence-corrected chi connectivity index (χ3v) is 4.09. The minimum Gasteiger partial charge on any atom is -0.377 e. The van der Waals surface area contributed by atoms with Crippen molar-refractivity contribution in [3.63, 3.8) is 0 Å². The quantitative estimate of drug-likeness (QED) is 0.344. The third-order valence-electron chi connectivity index (χ3n) is 3.36. The lowest BCUT2D eigenvalue weighted by Gasteiger charge is -2.22. The molecule has 1 N–H and O–H groups in total. The lowest BCUT2D eigenvalue weighted by Crippen LogP contribution is -2.39. The normalized spacial score (nSPS) is 15.1. The van der Waals surface area contributed by atoms with E-state index in [0.29, 0.717) is 0 Å². The SMILES string of the molecule is CN=C(NCCC1=CCOCC1)N(C)Cc1ccsc1.I. The summed E-state index contributed by atoms with van der Waals surface area (Å²) in [4.78, 5) is 6.50. The molecule has 0 saturated carbocycles. The Bertz CT molecular complexity index is 459. The Balaban J connectivity index is 0.00000220. The molecule has 1 aliphatic rings. The van der Waals surface area contributed by atoms with Gasteiger partial charge in [0.15, 0.2) is 5.96 Å². The van der Waals surface area contributed by atoms with Gasteiger partial charge in [0.05, 0.1) is 13.2 Å². The van der Waals surface area contributed by atoms with Crippen LogP contribution < -0.4 is 5.32 Å². The molecule has 1 aromatic rings. The van der Waals surface area contributed by atoms with Crippen molar-refractivity contribution in [3.05, 3.63) is 34.0 Å².